The van der Waals surface area contributed by atoms with Crippen molar-refractivity contribution < 1.29 is 10.1 Å². The van der Waals surface area contributed by atoms with Crippen molar-refractivity contribution in [3.05, 3.63) is 65.4 Å². The van der Waals surface area contributed by atoms with E-state index in [1.165, 1.54) is 27.7 Å². The summed E-state index contributed by atoms with van der Waals surface area (Å²) in [4.78, 5) is 3.63. The molecular formula is C18H19N2O+. The third-order valence-corrected chi connectivity index (χ3v) is 4.43. The Kier molecular flexibility index (Phi) is 2.93. The Morgan fingerprint density at radius 3 is 2.71 bits per heavy atom. The van der Waals surface area contributed by atoms with Crippen LogP contribution in [-0.4, -0.2) is 18.6 Å². The Hall–Kier alpha value is -2.26. The number of benzene rings is 2. The van der Waals surface area contributed by atoms with Gasteiger partial charge in [-0.2, -0.15) is 0 Å². The van der Waals surface area contributed by atoms with E-state index in [4.69, 9.17) is 4.74 Å². The number of H-pyrrole nitrogens is 1. The second kappa shape index (κ2) is 4.93. The molecular weight excluding hydrogens is 260 g/mol. The molecule has 21 heavy (non-hydrogen) atoms. The maximum atomic E-state index is 5.26. The molecule has 106 valence electrons. The molecule has 1 aliphatic heterocycles. The summed E-state index contributed by atoms with van der Waals surface area (Å²) in [6.45, 7) is 1.13. The highest BCUT2D eigenvalue weighted by atomic mass is 16.5. The quantitative estimate of drug-likeness (QED) is 0.743. The summed E-state index contributed by atoms with van der Waals surface area (Å²) in [5.74, 6) is 0.909. The molecule has 4 rings (SSSR count). The lowest BCUT2D eigenvalue weighted by Gasteiger charge is -2.21. The Labute approximate surface area is 123 Å². The van der Waals surface area contributed by atoms with Gasteiger partial charge in [0, 0.05) is 22.9 Å². The number of aromatic nitrogens is 1. The van der Waals surface area contributed by atoms with Crippen LogP contribution in [0.3, 0.4) is 0 Å². The van der Waals surface area contributed by atoms with Crippen LogP contribution in [0.15, 0.2) is 48.5 Å². The van der Waals surface area contributed by atoms with Gasteiger partial charge in [0.15, 0.2) is 6.04 Å². The van der Waals surface area contributed by atoms with Gasteiger partial charge in [0.25, 0.3) is 0 Å². The summed E-state index contributed by atoms with van der Waals surface area (Å²) in [5, 5.41) is 3.79. The zero-order chi connectivity index (χ0) is 14.2. The van der Waals surface area contributed by atoms with E-state index in [2.05, 4.69) is 46.7 Å². The summed E-state index contributed by atoms with van der Waals surface area (Å²) >= 11 is 0. The first-order valence-electron chi connectivity index (χ1n) is 7.43. The standard InChI is InChI=1S/C18H18N2O/c1-21-13-8-6-12(7-9-13)17-18-15(10-11-19-17)14-4-2-3-5-16(14)20-18/h2-9,17,19-20H,10-11H2,1H3/p+1/t17-/m1/s1. The zero-order valence-electron chi connectivity index (χ0n) is 12.1. The van der Waals surface area contributed by atoms with E-state index in [0.29, 0.717) is 6.04 Å². The highest BCUT2D eigenvalue weighted by Gasteiger charge is 2.28. The number of quaternary nitrogens is 1. The number of rotatable bonds is 2. The minimum Gasteiger partial charge on any atom is -0.497 e. The number of nitrogens with two attached hydrogens (primary N) is 1. The normalized spacial score (nSPS) is 17.7. The number of para-hydroxylation sites is 1. The smallest absolute Gasteiger partial charge is 0.153 e. The van der Waals surface area contributed by atoms with Gasteiger partial charge in [0.1, 0.15) is 5.75 Å². The zero-order valence-corrected chi connectivity index (χ0v) is 12.1. The van der Waals surface area contributed by atoms with Crippen LogP contribution in [0.2, 0.25) is 0 Å². The van der Waals surface area contributed by atoms with E-state index >= 15 is 0 Å². The number of methoxy groups -OCH3 is 1. The molecule has 2 heterocycles. The van der Waals surface area contributed by atoms with Crippen LogP contribution < -0.4 is 10.1 Å². The highest BCUT2D eigenvalue weighted by Crippen LogP contribution is 2.31. The molecule has 3 nitrogen and oxygen atoms in total. The summed E-state index contributed by atoms with van der Waals surface area (Å²) in [6, 6.07) is 17.4. The summed E-state index contributed by atoms with van der Waals surface area (Å²) in [5.41, 5.74) is 5.40. The van der Waals surface area contributed by atoms with E-state index in [-0.39, 0.29) is 0 Å². The van der Waals surface area contributed by atoms with Crippen molar-refractivity contribution >= 4 is 10.9 Å². The first kappa shape index (κ1) is 12.5. The van der Waals surface area contributed by atoms with Gasteiger partial charge < -0.3 is 15.0 Å². The molecule has 3 N–H and O–H groups in total. The summed E-state index contributed by atoms with van der Waals surface area (Å²) in [6.07, 6.45) is 1.13. The topological polar surface area (TPSA) is 41.6 Å². The number of fused-ring (bicyclic) bond motifs is 3. The van der Waals surface area contributed by atoms with Gasteiger partial charge in [0.2, 0.25) is 0 Å². The fourth-order valence-corrected chi connectivity index (χ4v) is 3.38. The Balaban J connectivity index is 1.82. The van der Waals surface area contributed by atoms with Crippen molar-refractivity contribution in [3.8, 4) is 5.75 Å². The van der Waals surface area contributed by atoms with Crippen LogP contribution in [0.1, 0.15) is 22.9 Å². The molecule has 0 radical (unpaired) electrons. The molecule has 1 aliphatic rings. The monoisotopic (exact) mass is 279 g/mol. The van der Waals surface area contributed by atoms with Crippen molar-refractivity contribution in [1.29, 1.82) is 0 Å². The lowest BCUT2D eigenvalue weighted by molar-refractivity contribution is -0.690. The molecule has 0 saturated carbocycles. The Morgan fingerprint density at radius 1 is 1.10 bits per heavy atom. The lowest BCUT2D eigenvalue weighted by Crippen LogP contribution is -2.87. The van der Waals surface area contributed by atoms with Crippen LogP contribution >= 0.6 is 0 Å². The molecule has 0 aliphatic carbocycles. The predicted molar refractivity (Wildman–Crippen MR) is 83.6 cm³/mol. The number of nitrogens with one attached hydrogen (secondary N) is 1. The van der Waals surface area contributed by atoms with E-state index in [0.717, 1.165) is 18.7 Å². The number of aromatic amines is 1. The average molecular weight is 279 g/mol. The molecule has 2 aromatic carbocycles. The molecule has 3 heteroatoms. The van der Waals surface area contributed by atoms with Crippen molar-refractivity contribution in [2.45, 2.75) is 12.5 Å². The Bertz CT molecular complexity index is 774. The van der Waals surface area contributed by atoms with Gasteiger partial charge in [-0.15, -0.1) is 0 Å². The van der Waals surface area contributed by atoms with Gasteiger partial charge in [-0.25, -0.2) is 0 Å². The molecule has 0 amide bonds. The van der Waals surface area contributed by atoms with E-state index in [1.807, 2.05) is 12.1 Å². The first-order valence-corrected chi connectivity index (χ1v) is 7.43. The fourth-order valence-electron chi connectivity index (χ4n) is 3.38. The van der Waals surface area contributed by atoms with Crippen molar-refractivity contribution in [3.63, 3.8) is 0 Å². The number of hydrogen-bond donors (Lipinski definition) is 2. The molecule has 0 saturated heterocycles. The van der Waals surface area contributed by atoms with Crippen molar-refractivity contribution in [2.24, 2.45) is 0 Å². The van der Waals surface area contributed by atoms with Crippen LogP contribution in [0, 0.1) is 0 Å². The largest absolute Gasteiger partial charge is 0.497 e. The fraction of sp³-hybridized carbons (Fsp3) is 0.222. The number of ether oxygens (including phenoxy) is 1. The molecule has 3 aromatic rings. The van der Waals surface area contributed by atoms with Crippen molar-refractivity contribution in [1.82, 2.24) is 4.98 Å². The third-order valence-electron chi connectivity index (χ3n) is 4.43. The second-order valence-electron chi connectivity index (χ2n) is 5.59. The molecule has 0 unspecified atom stereocenters. The van der Waals surface area contributed by atoms with E-state index in [9.17, 15) is 0 Å². The van der Waals surface area contributed by atoms with E-state index < -0.39 is 0 Å². The van der Waals surface area contributed by atoms with E-state index in [1.54, 1.807) is 7.11 Å². The summed E-state index contributed by atoms with van der Waals surface area (Å²) in [7, 11) is 1.71. The van der Waals surface area contributed by atoms with Gasteiger partial charge >= 0.3 is 0 Å². The lowest BCUT2D eigenvalue weighted by atomic mass is 9.94. The third kappa shape index (κ3) is 2.01. The SMILES string of the molecule is COc1ccc([C@H]2[NH2+]CCc3c2[nH]c2ccccc32)cc1. The van der Waals surface area contributed by atoms with Gasteiger partial charge in [-0.3, -0.25) is 0 Å². The number of hydrogen-bond acceptors (Lipinski definition) is 1. The second-order valence-corrected chi connectivity index (χ2v) is 5.59. The average Bonchev–Trinajstić information content (AvgIpc) is 2.94. The van der Waals surface area contributed by atoms with Crippen molar-refractivity contribution in [2.75, 3.05) is 13.7 Å². The van der Waals surface area contributed by atoms with Gasteiger partial charge in [0.05, 0.1) is 19.3 Å². The van der Waals surface area contributed by atoms with Crippen LogP contribution in [0.4, 0.5) is 0 Å². The first-order chi connectivity index (χ1) is 10.4. The van der Waals surface area contributed by atoms with Gasteiger partial charge in [-0.05, 0) is 35.9 Å². The molecule has 1 aromatic heterocycles. The minimum atomic E-state index is 0.354. The van der Waals surface area contributed by atoms with Crippen LogP contribution in [0.5, 0.6) is 5.75 Å². The molecule has 0 spiro atoms. The predicted octanol–water partition coefficient (Wildman–Crippen LogP) is 2.39. The van der Waals surface area contributed by atoms with Crippen LogP contribution in [0.25, 0.3) is 10.9 Å². The molecule has 1 atom stereocenters. The van der Waals surface area contributed by atoms with Gasteiger partial charge in [-0.1, -0.05) is 18.2 Å². The minimum absolute atomic E-state index is 0.354. The highest BCUT2D eigenvalue weighted by molar-refractivity contribution is 5.85. The van der Waals surface area contributed by atoms with Crippen LogP contribution in [-0.2, 0) is 6.42 Å². The molecule has 0 fully saturated rings. The summed E-state index contributed by atoms with van der Waals surface area (Å²) < 4.78 is 5.26. The Morgan fingerprint density at radius 2 is 1.90 bits per heavy atom. The maximum absolute atomic E-state index is 5.26. The molecule has 0 bridgehead atoms. The maximum Gasteiger partial charge on any atom is 0.153 e.